The molecule has 0 N–H and O–H groups in total. The Bertz CT molecular complexity index is 406. The van der Waals surface area contributed by atoms with Crippen molar-refractivity contribution < 1.29 is 0 Å². The van der Waals surface area contributed by atoms with Crippen molar-refractivity contribution >= 4 is 0 Å². The van der Waals surface area contributed by atoms with Crippen molar-refractivity contribution in [1.29, 1.82) is 5.26 Å². The highest BCUT2D eigenvalue weighted by molar-refractivity contribution is 5.26. The van der Waals surface area contributed by atoms with E-state index in [0.717, 1.165) is 24.7 Å². The summed E-state index contributed by atoms with van der Waals surface area (Å²) in [5, 5.41) is 9.91. The van der Waals surface area contributed by atoms with Gasteiger partial charge in [-0.1, -0.05) is 70.4 Å². The van der Waals surface area contributed by atoms with Crippen molar-refractivity contribution in [3.8, 4) is 6.07 Å². The number of unbranched alkanes of at least 4 members (excludes halogenated alkanes) is 3. The minimum atomic E-state index is -0.0863. The number of hydrogen-bond acceptors (Lipinski definition) is 1. The molecule has 1 nitrogen and oxygen atoms in total. The second-order valence-electron chi connectivity index (χ2n) is 8.15. The molecule has 2 aliphatic rings. The van der Waals surface area contributed by atoms with Gasteiger partial charge < -0.3 is 0 Å². The summed E-state index contributed by atoms with van der Waals surface area (Å²) in [6.45, 7) is 4.57. The zero-order valence-electron chi connectivity index (χ0n) is 15.6. The molecular formula is C22H37N. The van der Waals surface area contributed by atoms with Crippen LogP contribution < -0.4 is 0 Å². The maximum atomic E-state index is 9.91. The summed E-state index contributed by atoms with van der Waals surface area (Å²) in [5.74, 6) is 1.78. The van der Waals surface area contributed by atoms with E-state index in [1.165, 1.54) is 82.6 Å². The van der Waals surface area contributed by atoms with E-state index in [0.29, 0.717) is 0 Å². The first-order valence-electron chi connectivity index (χ1n) is 10.3. The van der Waals surface area contributed by atoms with Gasteiger partial charge in [0.05, 0.1) is 11.5 Å². The van der Waals surface area contributed by atoms with Crippen LogP contribution >= 0.6 is 0 Å². The molecule has 130 valence electrons. The van der Waals surface area contributed by atoms with E-state index in [1.807, 2.05) is 0 Å². The molecule has 1 atom stereocenters. The standard InChI is InChI=1S/C22H37N/c1-3-5-7-9-20-14-16-22(18-23,17-15-20)21-12-10-19(11-13-21)8-6-4-2/h12,19-20H,3-11,13-17H2,1-2H3/t19-,20?,22?/m0/s1. The highest BCUT2D eigenvalue weighted by Gasteiger charge is 2.39. The van der Waals surface area contributed by atoms with Gasteiger partial charge >= 0.3 is 0 Å². The number of rotatable bonds is 8. The van der Waals surface area contributed by atoms with Gasteiger partial charge in [0.25, 0.3) is 0 Å². The average Bonchev–Trinajstić information content (AvgIpc) is 2.61. The monoisotopic (exact) mass is 315 g/mol. The van der Waals surface area contributed by atoms with E-state index in [2.05, 4.69) is 26.0 Å². The molecule has 0 aliphatic heterocycles. The average molecular weight is 316 g/mol. The normalized spacial score (nSPS) is 31.4. The summed E-state index contributed by atoms with van der Waals surface area (Å²) in [4.78, 5) is 0. The second kappa shape index (κ2) is 9.51. The lowest BCUT2D eigenvalue weighted by atomic mass is 9.64. The molecule has 2 aliphatic carbocycles. The largest absolute Gasteiger partial charge is 0.197 e. The van der Waals surface area contributed by atoms with Gasteiger partial charge in [0.1, 0.15) is 0 Å². The van der Waals surface area contributed by atoms with E-state index < -0.39 is 0 Å². The van der Waals surface area contributed by atoms with Gasteiger partial charge in [-0.15, -0.1) is 0 Å². The van der Waals surface area contributed by atoms with E-state index in [1.54, 1.807) is 0 Å². The predicted molar refractivity (Wildman–Crippen MR) is 99.1 cm³/mol. The third-order valence-electron chi connectivity index (χ3n) is 6.49. The van der Waals surface area contributed by atoms with Crippen LogP contribution in [0.1, 0.15) is 104 Å². The van der Waals surface area contributed by atoms with Crippen LogP contribution in [0.25, 0.3) is 0 Å². The molecule has 0 unspecified atom stereocenters. The lowest BCUT2D eigenvalue weighted by Gasteiger charge is -2.39. The summed E-state index contributed by atoms with van der Waals surface area (Å²) in [5.41, 5.74) is 1.43. The molecule has 23 heavy (non-hydrogen) atoms. The highest BCUT2D eigenvalue weighted by Crippen LogP contribution is 2.48. The predicted octanol–water partition coefficient (Wildman–Crippen LogP) is 7.18. The van der Waals surface area contributed by atoms with Crippen molar-refractivity contribution in [2.45, 2.75) is 104 Å². The first-order chi connectivity index (χ1) is 11.2. The molecule has 0 aromatic heterocycles. The SMILES string of the molecule is CCCCCC1CCC(C#N)(C2=CC[C@H](CCCC)CC2)CC1. The van der Waals surface area contributed by atoms with Crippen molar-refractivity contribution in [1.82, 2.24) is 0 Å². The Hall–Kier alpha value is -0.770. The number of hydrogen-bond donors (Lipinski definition) is 0. The zero-order valence-corrected chi connectivity index (χ0v) is 15.6. The van der Waals surface area contributed by atoms with Gasteiger partial charge in [-0.25, -0.2) is 0 Å². The molecular weight excluding hydrogens is 278 g/mol. The molecule has 2 rings (SSSR count). The first kappa shape index (κ1) is 18.6. The molecule has 0 bridgehead atoms. The van der Waals surface area contributed by atoms with Gasteiger partial charge in [0.15, 0.2) is 0 Å². The fraction of sp³-hybridized carbons (Fsp3) is 0.864. The van der Waals surface area contributed by atoms with E-state index in [9.17, 15) is 5.26 Å². The molecule has 0 radical (unpaired) electrons. The van der Waals surface area contributed by atoms with Crippen molar-refractivity contribution in [2.75, 3.05) is 0 Å². The summed E-state index contributed by atoms with van der Waals surface area (Å²) in [6, 6.07) is 2.76. The Labute approximate surface area is 144 Å². The van der Waals surface area contributed by atoms with Crippen LogP contribution in [-0.2, 0) is 0 Å². The summed E-state index contributed by atoms with van der Waals surface area (Å²) in [6.07, 6.45) is 20.6. The van der Waals surface area contributed by atoms with Crippen LogP contribution in [0.15, 0.2) is 11.6 Å². The molecule has 0 spiro atoms. The fourth-order valence-corrected chi connectivity index (χ4v) is 4.72. The molecule has 0 aromatic rings. The molecule has 1 saturated carbocycles. The van der Waals surface area contributed by atoms with E-state index in [4.69, 9.17) is 0 Å². The molecule has 0 aromatic carbocycles. The van der Waals surface area contributed by atoms with Crippen LogP contribution in [-0.4, -0.2) is 0 Å². The van der Waals surface area contributed by atoms with E-state index >= 15 is 0 Å². The van der Waals surface area contributed by atoms with Crippen molar-refractivity contribution in [3.63, 3.8) is 0 Å². The van der Waals surface area contributed by atoms with Gasteiger partial charge in [0.2, 0.25) is 0 Å². The zero-order chi connectivity index (χ0) is 16.5. The van der Waals surface area contributed by atoms with Crippen molar-refractivity contribution in [3.05, 3.63) is 11.6 Å². The Kier molecular flexibility index (Phi) is 7.68. The third-order valence-corrected chi connectivity index (χ3v) is 6.49. The number of nitrogens with zero attached hydrogens (tertiary/aromatic N) is 1. The third kappa shape index (κ3) is 5.10. The highest BCUT2D eigenvalue weighted by atomic mass is 14.4. The fourth-order valence-electron chi connectivity index (χ4n) is 4.72. The Morgan fingerprint density at radius 1 is 1.00 bits per heavy atom. The lowest BCUT2D eigenvalue weighted by molar-refractivity contribution is 0.221. The van der Waals surface area contributed by atoms with Crippen LogP contribution in [0.3, 0.4) is 0 Å². The Balaban J connectivity index is 1.86. The van der Waals surface area contributed by atoms with Crippen molar-refractivity contribution in [2.24, 2.45) is 17.3 Å². The van der Waals surface area contributed by atoms with Crippen LogP contribution in [0, 0.1) is 28.6 Å². The molecule has 0 heterocycles. The van der Waals surface area contributed by atoms with Crippen LogP contribution in [0.5, 0.6) is 0 Å². The summed E-state index contributed by atoms with van der Waals surface area (Å²) < 4.78 is 0. The van der Waals surface area contributed by atoms with E-state index in [-0.39, 0.29) is 5.41 Å². The topological polar surface area (TPSA) is 23.8 Å². The summed E-state index contributed by atoms with van der Waals surface area (Å²) >= 11 is 0. The molecule has 1 fully saturated rings. The maximum absolute atomic E-state index is 9.91. The van der Waals surface area contributed by atoms with Gasteiger partial charge in [-0.2, -0.15) is 5.26 Å². The Morgan fingerprint density at radius 2 is 1.70 bits per heavy atom. The minimum absolute atomic E-state index is 0.0863. The number of allylic oxidation sites excluding steroid dienone is 2. The second-order valence-corrected chi connectivity index (χ2v) is 8.15. The molecule has 0 amide bonds. The van der Waals surface area contributed by atoms with Crippen LogP contribution in [0.2, 0.25) is 0 Å². The summed E-state index contributed by atoms with van der Waals surface area (Å²) in [7, 11) is 0. The van der Waals surface area contributed by atoms with Gasteiger partial charge in [-0.3, -0.25) is 0 Å². The molecule has 1 heteroatoms. The smallest absolute Gasteiger partial charge is 0.0782 e. The minimum Gasteiger partial charge on any atom is -0.197 e. The Morgan fingerprint density at radius 3 is 2.26 bits per heavy atom. The van der Waals surface area contributed by atoms with Crippen LogP contribution in [0.4, 0.5) is 0 Å². The maximum Gasteiger partial charge on any atom is 0.0782 e. The van der Waals surface area contributed by atoms with Gasteiger partial charge in [-0.05, 0) is 56.8 Å². The number of nitriles is 1. The van der Waals surface area contributed by atoms with Gasteiger partial charge in [0, 0.05) is 0 Å². The quantitative estimate of drug-likeness (QED) is 0.343. The first-order valence-corrected chi connectivity index (χ1v) is 10.3. The molecule has 0 saturated heterocycles. The lowest BCUT2D eigenvalue weighted by Crippen LogP contribution is -2.29.